The topological polar surface area (TPSA) is 26.0 Å². The van der Waals surface area contributed by atoms with Gasteiger partial charge in [0.2, 0.25) is 0 Å². The van der Waals surface area contributed by atoms with Crippen LogP contribution in [0.3, 0.4) is 0 Å². The number of halogens is 1. The van der Waals surface area contributed by atoms with Gasteiger partial charge in [-0.05, 0) is 43.0 Å². The third-order valence-corrected chi connectivity index (χ3v) is 4.07. The van der Waals surface area contributed by atoms with Crippen LogP contribution in [0.15, 0.2) is 18.2 Å². The fraction of sp³-hybridized carbons (Fsp3) is 0.571. The van der Waals surface area contributed by atoms with Gasteiger partial charge in [-0.2, -0.15) is 0 Å². The average Bonchev–Trinajstić information content (AvgIpc) is 2.28. The largest absolute Gasteiger partial charge is 0.330 e. The molecule has 0 spiro atoms. The Morgan fingerprint density at radius 2 is 1.88 bits per heavy atom. The van der Waals surface area contributed by atoms with Gasteiger partial charge in [0.25, 0.3) is 0 Å². The van der Waals surface area contributed by atoms with E-state index >= 15 is 0 Å². The molecule has 0 radical (unpaired) electrons. The highest BCUT2D eigenvalue weighted by Crippen LogP contribution is 2.39. The Hall–Kier alpha value is -0.530. The molecule has 16 heavy (non-hydrogen) atoms. The minimum atomic E-state index is 0.188. The molecule has 0 heterocycles. The quantitative estimate of drug-likeness (QED) is 0.832. The Balaban J connectivity index is 2.38. The summed E-state index contributed by atoms with van der Waals surface area (Å²) in [4.78, 5) is 0. The molecule has 2 N–H and O–H groups in total. The van der Waals surface area contributed by atoms with Gasteiger partial charge >= 0.3 is 0 Å². The van der Waals surface area contributed by atoms with Crippen molar-refractivity contribution >= 4 is 11.6 Å². The molecule has 1 aliphatic rings. The molecular weight excluding hydrogens is 218 g/mol. The Morgan fingerprint density at radius 3 is 2.44 bits per heavy atom. The fourth-order valence-corrected chi connectivity index (χ4v) is 3.17. The van der Waals surface area contributed by atoms with E-state index in [1.165, 1.54) is 43.2 Å². The number of aryl methyl sites for hydroxylation is 1. The Bertz CT molecular complexity index is 347. The standard InChI is InChI=1S/C14H20ClN/c1-11-7-12(9-13(15)8-11)14(10-16)5-3-2-4-6-14/h7-9H,2-6,10,16H2,1H3. The van der Waals surface area contributed by atoms with Crippen molar-refractivity contribution < 1.29 is 0 Å². The van der Waals surface area contributed by atoms with E-state index in [4.69, 9.17) is 17.3 Å². The second kappa shape index (κ2) is 4.77. The third kappa shape index (κ3) is 2.26. The molecule has 1 fully saturated rings. The zero-order valence-corrected chi connectivity index (χ0v) is 10.7. The van der Waals surface area contributed by atoms with Crippen molar-refractivity contribution in [3.63, 3.8) is 0 Å². The van der Waals surface area contributed by atoms with E-state index in [9.17, 15) is 0 Å². The Morgan fingerprint density at radius 1 is 1.19 bits per heavy atom. The van der Waals surface area contributed by atoms with E-state index in [-0.39, 0.29) is 5.41 Å². The molecule has 0 atom stereocenters. The first-order chi connectivity index (χ1) is 7.66. The number of benzene rings is 1. The van der Waals surface area contributed by atoms with Crippen LogP contribution in [0.2, 0.25) is 5.02 Å². The predicted molar refractivity (Wildman–Crippen MR) is 70.0 cm³/mol. The lowest BCUT2D eigenvalue weighted by atomic mass is 9.69. The van der Waals surface area contributed by atoms with Crippen LogP contribution in [-0.4, -0.2) is 6.54 Å². The average molecular weight is 238 g/mol. The van der Waals surface area contributed by atoms with E-state index in [1.54, 1.807) is 0 Å². The Kier molecular flexibility index (Phi) is 3.56. The number of nitrogens with two attached hydrogens (primary N) is 1. The van der Waals surface area contributed by atoms with Gasteiger partial charge in [0, 0.05) is 17.0 Å². The summed E-state index contributed by atoms with van der Waals surface area (Å²) in [7, 11) is 0. The monoisotopic (exact) mass is 237 g/mol. The molecule has 1 aromatic carbocycles. The molecule has 0 saturated heterocycles. The van der Waals surface area contributed by atoms with E-state index in [2.05, 4.69) is 19.1 Å². The SMILES string of the molecule is Cc1cc(Cl)cc(C2(CN)CCCCC2)c1. The minimum Gasteiger partial charge on any atom is -0.330 e. The first-order valence-corrected chi connectivity index (χ1v) is 6.52. The van der Waals surface area contributed by atoms with Gasteiger partial charge in [0.15, 0.2) is 0 Å². The first kappa shape index (κ1) is 11.9. The summed E-state index contributed by atoms with van der Waals surface area (Å²) in [5.74, 6) is 0. The third-order valence-electron chi connectivity index (χ3n) is 3.86. The van der Waals surface area contributed by atoms with Gasteiger partial charge in [-0.1, -0.05) is 36.9 Å². The summed E-state index contributed by atoms with van der Waals surface area (Å²) in [6.07, 6.45) is 6.36. The molecule has 0 amide bonds. The maximum Gasteiger partial charge on any atom is 0.0411 e. The van der Waals surface area contributed by atoms with Crippen LogP contribution < -0.4 is 5.73 Å². The van der Waals surface area contributed by atoms with Crippen LogP contribution in [0.4, 0.5) is 0 Å². The molecule has 2 heteroatoms. The van der Waals surface area contributed by atoms with Crippen molar-refractivity contribution in [1.29, 1.82) is 0 Å². The molecule has 1 nitrogen and oxygen atoms in total. The molecule has 88 valence electrons. The minimum absolute atomic E-state index is 0.188. The molecular formula is C14H20ClN. The molecule has 0 bridgehead atoms. The van der Waals surface area contributed by atoms with Gasteiger partial charge in [-0.3, -0.25) is 0 Å². The fourth-order valence-electron chi connectivity index (χ4n) is 2.88. The molecule has 2 rings (SSSR count). The lowest BCUT2D eigenvalue weighted by molar-refractivity contribution is 0.300. The summed E-state index contributed by atoms with van der Waals surface area (Å²) >= 11 is 6.15. The molecule has 0 unspecified atom stereocenters. The van der Waals surface area contributed by atoms with Gasteiger partial charge in [0.1, 0.15) is 0 Å². The van der Waals surface area contributed by atoms with Crippen LogP contribution in [0.5, 0.6) is 0 Å². The number of hydrogen-bond acceptors (Lipinski definition) is 1. The van der Waals surface area contributed by atoms with Crippen molar-refractivity contribution in [2.24, 2.45) is 5.73 Å². The van der Waals surface area contributed by atoms with Crippen LogP contribution in [0.25, 0.3) is 0 Å². The van der Waals surface area contributed by atoms with Gasteiger partial charge < -0.3 is 5.73 Å². The lowest BCUT2D eigenvalue weighted by Crippen LogP contribution is -2.37. The molecule has 0 aliphatic heterocycles. The smallest absolute Gasteiger partial charge is 0.0411 e. The van der Waals surface area contributed by atoms with E-state index in [1.807, 2.05) is 6.07 Å². The first-order valence-electron chi connectivity index (χ1n) is 6.14. The molecule has 0 aromatic heterocycles. The highest BCUT2D eigenvalue weighted by Gasteiger charge is 2.32. The normalized spacial score (nSPS) is 19.7. The van der Waals surface area contributed by atoms with Gasteiger partial charge in [-0.15, -0.1) is 0 Å². The summed E-state index contributed by atoms with van der Waals surface area (Å²) in [5, 5.41) is 0.841. The zero-order valence-electron chi connectivity index (χ0n) is 9.93. The van der Waals surface area contributed by atoms with E-state index < -0.39 is 0 Å². The van der Waals surface area contributed by atoms with Crippen LogP contribution in [0.1, 0.15) is 43.2 Å². The summed E-state index contributed by atoms with van der Waals surface area (Å²) < 4.78 is 0. The van der Waals surface area contributed by atoms with Gasteiger partial charge in [-0.25, -0.2) is 0 Å². The number of rotatable bonds is 2. The second-order valence-electron chi connectivity index (χ2n) is 5.06. The van der Waals surface area contributed by atoms with Crippen molar-refractivity contribution in [2.45, 2.75) is 44.4 Å². The maximum absolute atomic E-state index is 6.15. The van der Waals surface area contributed by atoms with E-state index in [0.29, 0.717) is 0 Å². The van der Waals surface area contributed by atoms with Gasteiger partial charge in [0.05, 0.1) is 0 Å². The van der Waals surface area contributed by atoms with Crippen LogP contribution >= 0.6 is 11.6 Å². The highest BCUT2D eigenvalue weighted by atomic mass is 35.5. The van der Waals surface area contributed by atoms with Crippen LogP contribution in [0, 0.1) is 6.92 Å². The van der Waals surface area contributed by atoms with Crippen molar-refractivity contribution in [3.05, 3.63) is 34.3 Å². The van der Waals surface area contributed by atoms with Crippen molar-refractivity contribution in [1.82, 2.24) is 0 Å². The van der Waals surface area contributed by atoms with E-state index in [0.717, 1.165) is 11.6 Å². The summed E-state index contributed by atoms with van der Waals surface area (Å²) in [6.45, 7) is 2.84. The maximum atomic E-state index is 6.15. The van der Waals surface area contributed by atoms with Crippen molar-refractivity contribution in [3.8, 4) is 0 Å². The predicted octanol–water partition coefficient (Wildman–Crippen LogP) is 3.81. The Labute approximate surface area is 103 Å². The zero-order chi connectivity index (χ0) is 11.6. The molecule has 1 saturated carbocycles. The summed E-state index contributed by atoms with van der Waals surface area (Å²) in [5.41, 5.74) is 8.80. The van der Waals surface area contributed by atoms with Crippen LogP contribution in [-0.2, 0) is 5.41 Å². The molecule has 1 aromatic rings. The van der Waals surface area contributed by atoms with Crippen molar-refractivity contribution in [2.75, 3.05) is 6.54 Å². The lowest BCUT2D eigenvalue weighted by Gasteiger charge is -2.37. The second-order valence-corrected chi connectivity index (χ2v) is 5.50. The highest BCUT2D eigenvalue weighted by molar-refractivity contribution is 6.30. The summed E-state index contributed by atoms with van der Waals surface area (Å²) in [6, 6.07) is 6.37. The number of hydrogen-bond donors (Lipinski definition) is 1. The molecule has 1 aliphatic carbocycles.